The highest BCUT2D eigenvalue weighted by molar-refractivity contribution is 5.30. The Morgan fingerprint density at radius 3 is 2.24 bits per heavy atom. The molecule has 0 aliphatic carbocycles. The standard InChI is InChI=1S/C13H14F3N/c14-13(15,16)9-3-1-8(2-4-9)11-7-10-5-6-12(11)17-10/h1-4,10-12,17H,5-7H2. The van der Waals surface area contributed by atoms with Crippen molar-refractivity contribution in [2.75, 3.05) is 0 Å². The Labute approximate surface area is 98.0 Å². The molecule has 2 saturated heterocycles. The fourth-order valence-electron chi connectivity index (χ4n) is 3.11. The predicted octanol–water partition coefficient (Wildman–Crippen LogP) is 3.31. The van der Waals surface area contributed by atoms with E-state index in [9.17, 15) is 13.2 Å². The Balaban J connectivity index is 1.81. The normalized spacial score (nSPS) is 32.1. The van der Waals surface area contributed by atoms with Gasteiger partial charge in [-0.05, 0) is 37.0 Å². The van der Waals surface area contributed by atoms with Crippen molar-refractivity contribution in [3.63, 3.8) is 0 Å². The zero-order chi connectivity index (χ0) is 12.0. The summed E-state index contributed by atoms with van der Waals surface area (Å²) in [5.74, 6) is 0.399. The van der Waals surface area contributed by atoms with E-state index >= 15 is 0 Å². The van der Waals surface area contributed by atoms with Crippen LogP contribution in [0.5, 0.6) is 0 Å². The SMILES string of the molecule is FC(F)(F)c1ccc(C2CC3CCC2N3)cc1. The topological polar surface area (TPSA) is 12.0 Å². The summed E-state index contributed by atoms with van der Waals surface area (Å²) in [6, 6.07) is 6.71. The minimum absolute atomic E-state index is 0.399. The number of rotatable bonds is 1. The van der Waals surface area contributed by atoms with Gasteiger partial charge in [-0.2, -0.15) is 13.2 Å². The largest absolute Gasteiger partial charge is 0.416 e. The molecule has 2 aliphatic heterocycles. The zero-order valence-corrected chi connectivity index (χ0v) is 9.30. The molecule has 2 aliphatic rings. The summed E-state index contributed by atoms with van der Waals surface area (Å²) in [7, 11) is 0. The van der Waals surface area contributed by atoms with E-state index in [-0.39, 0.29) is 0 Å². The van der Waals surface area contributed by atoms with Crippen LogP contribution in [0.4, 0.5) is 13.2 Å². The molecule has 4 heteroatoms. The fraction of sp³-hybridized carbons (Fsp3) is 0.538. The zero-order valence-electron chi connectivity index (χ0n) is 9.30. The lowest BCUT2D eigenvalue weighted by Crippen LogP contribution is -2.21. The van der Waals surface area contributed by atoms with Crippen LogP contribution in [0.1, 0.15) is 36.3 Å². The van der Waals surface area contributed by atoms with Crippen LogP contribution in [-0.4, -0.2) is 12.1 Å². The molecule has 0 saturated carbocycles. The summed E-state index contributed by atoms with van der Waals surface area (Å²) in [5.41, 5.74) is 0.482. The number of hydrogen-bond acceptors (Lipinski definition) is 1. The number of benzene rings is 1. The second-order valence-corrected chi connectivity index (χ2v) is 5.01. The van der Waals surface area contributed by atoms with E-state index in [1.165, 1.54) is 18.6 Å². The molecule has 3 unspecified atom stereocenters. The van der Waals surface area contributed by atoms with Crippen LogP contribution < -0.4 is 5.32 Å². The molecule has 1 aromatic carbocycles. The third kappa shape index (κ3) is 1.95. The van der Waals surface area contributed by atoms with Crippen LogP contribution in [-0.2, 0) is 6.18 Å². The molecule has 2 fully saturated rings. The van der Waals surface area contributed by atoms with Crippen molar-refractivity contribution in [1.82, 2.24) is 5.32 Å². The lowest BCUT2D eigenvalue weighted by atomic mass is 9.84. The van der Waals surface area contributed by atoms with Gasteiger partial charge in [-0.3, -0.25) is 0 Å². The van der Waals surface area contributed by atoms with Crippen LogP contribution in [0, 0.1) is 0 Å². The molecule has 2 heterocycles. The highest BCUT2D eigenvalue weighted by Gasteiger charge is 2.39. The Morgan fingerprint density at radius 2 is 1.76 bits per heavy atom. The second kappa shape index (κ2) is 3.73. The summed E-state index contributed by atoms with van der Waals surface area (Å²) in [4.78, 5) is 0. The van der Waals surface area contributed by atoms with Crippen LogP contribution in [0.25, 0.3) is 0 Å². The number of alkyl halides is 3. The monoisotopic (exact) mass is 241 g/mol. The maximum Gasteiger partial charge on any atom is 0.416 e. The molecule has 3 rings (SSSR count). The molecule has 0 aromatic heterocycles. The van der Waals surface area contributed by atoms with Gasteiger partial charge in [0.15, 0.2) is 0 Å². The summed E-state index contributed by atoms with van der Waals surface area (Å²) in [6.07, 6.45) is -0.806. The first-order valence-corrected chi connectivity index (χ1v) is 5.97. The van der Waals surface area contributed by atoms with Gasteiger partial charge in [-0.25, -0.2) is 0 Å². The second-order valence-electron chi connectivity index (χ2n) is 5.01. The first-order chi connectivity index (χ1) is 8.04. The Kier molecular flexibility index (Phi) is 2.43. The molecular formula is C13H14F3N. The maximum absolute atomic E-state index is 12.4. The molecule has 0 radical (unpaired) electrons. The summed E-state index contributed by atoms with van der Waals surface area (Å²) < 4.78 is 37.3. The van der Waals surface area contributed by atoms with Crippen molar-refractivity contribution >= 4 is 0 Å². The van der Waals surface area contributed by atoms with E-state index < -0.39 is 11.7 Å². The van der Waals surface area contributed by atoms with Crippen molar-refractivity contribution in [1.29, 1.82) is 0 Å². The van der Waals surface area contributed by atoms with Crippen LogP contribution in [0.3, 0.4) is 0 Å². The van der Waals surface area contributed by atoms with Gasteiger partial charge in [0.2, 0.25) is 0 Å². The van der Waals surface area contributed by atoms with E-state index in [0.29, 0.717) is 18.0 Å². The first-order valence-electron chi connectivity index (χ1n) is 5.97. The van der Waals surface area contributed by atoms with Crippen molar-refractivity contribution in [2.24, 2.45) is 0 Å². The molecule has 0 amide bonds. The van der Waals surface area contributed by atoms with Crippen LogP contribution in [0.15, 0.2) is 24.3 Å². The van der Waals surface area contributed by atoms with Gasteiger partial charge in [0, 0.05) is 18.0 Å². The quantitative estimate of drug-likeness (QED) is 0.795. The molecular weight excluding hydrogens is 227 g/mol. The minimum atomic E-state index is -4.23. The minimum Gasteiger partial charge on any atom is -0.311 e. The van der Waals surface area contributed by atoms with Crippen molar-refractivity contribution < 1.29 is 13.2 Å². The maximum atomic E-state index is 12.4. The average Bonchev–Trinajstić information content (AvgIpc) is 2.89. The third-order valence-electron chi connectivity index (χ3n) is 3.97. The highest BCUT2D eigenvalue weighted by Crippen LogP contribution is 2.40. The van der Waals surface area contributed by atoms with E-state index in [4.69, 9.17) is 0 Å². The smallest absolute Gasteiger partial charge is 0.311 e. The van der Waals surface area contributed by atoms with E-state index in [2.05, 4.69) is 5.32 Å². The van der Waals surface area contributed by atoms with Gasteiger partial charge >= 0.3 is 6.18 Å². The van der Waals surface area contributed by atoms with Gasteiger partial charge in [0.25, 0.3) is 0 Å². The van der Waals surface area contributed by atoms with Crippen molar-refractivity contribution in [3.8, 4) is 0 Å². The van der Waals surface area contributed by atoms with Crippen molar-refractivity contribution in [3.05, 3.63) is 35.4 Å². The molecule has 1 aromatic rings. The Morgan fingerprint density at radius 1 is 1.06 bits per heavy atom. The average molecular weight is 241 g/mol. The van der Waals surface area contributed by atoms with Gasteiger partial charge in [-0.1, -0.05) is 12.1 Å². The van der Waals surface area contributed by atoms with Crippen LogP contribution >= 0.6 is 0 Å². The number of hydrogen-bond donors (Lipinski definition) is 1. The number of halogens is 3. The molecule has 3 atom stereocenters. The van der Waals surface area contributed by atoms with Gasteiger partial charge in [0.1, 0.15) is 0 Å². The van der Waals surface area contributed by atoms with Crippen molar-refractivity contribution in [2.45, 2.75) is 43.4 Å². The first kappa shape index (κ1) is 11.1. The molecule has 1 nitrogen and oxygen atoms in total. The number of fused-ring (bicyclic) bond motifs is 2. The summed E-state index contributed by atoms with van der Waals surface area (Å²) in [6.45, 7) is 0. The van der Waals surface area contributed by atoms with Gasteiger partial charge < -0.3 is 5.32 Å². The van der Waals surface area contributed by atoms with Crippen LogP contribution in [0.2, 0.25) is 0 Å². The lowest BCUT2D eigenvalue weighted by Gasteiger charge is -2.20. The molecule has 92 valence electrons. The van der Waals surface area contributed by atoms with E-state index in [0.717, 1.165) is 18.4 Å². The number of nitrogens with one attached hydrogen (secondary N) is 1. The fourth-order valence-corrected chi connectivity index (χ4v) is 3.11. The lowest BCUT2D eigenvalue weighted by molar-refractivity contribution is -0.137. The highest BCUT2D eigenvalue weighted by atomic mass is 19.4. The Hall–Kier alpha value is -1.03. The molecule has 17 heavy (non-hydrogen) atoms. The van der Waals surface area contributed by atoms with Gasteiger partial charge in [0.05, 0.1) is 5.56 Å². The van der Waals surface area contributed by atoms with Gasteiger partial charge in [-0.15, -0.1) is 0 Å². The Bertz CT molecular complexity index is 410. The summed E-state index contributed by atoms with van der Waals surface area (Å²) >= 11 is 0. The molecule has 0 spiro atoms. The molecule has 2 bridgehead atoms. The molecule has 1 N–H and O–H groups in total. The van der Waals surface area contributed by atoms with E-state index in [1.54, 1.807) is 12.1 Å². The van der Waals surface area contributed by atoms with E-state index in [1.807, 2.05) is 0 Å². The summed E-state index contributed by atoms with van der Waals surface area (Å²) in [5, 5.41) is 3.50. The predicted molar refractivity (Wildman–Crippen MR) is 58.7 cm³/mol. The third-order valence-corrected chi connectivity index (χ3v) is 3.97.